The van der Waals surface area contributed by atoms with Crippen molar-refractivity contribution >= 4 is 23.6 Å². The lowest BCUT2D eigenvalue weighted by Gasteiger charge is -2.25. The van der Waals surface area contributed by atoms with Crippen molar-refractivity contribution in [2.24, 2.45) is 5.92 Å². The Hall–Kier alpha value is -1.49. The number of carboxylic acid groups (broad SMARTS) is 1. The highest BCUT2D eigenvalue weighted by molar-refractivity contribution is 7.99. The van der Waals surface area contributed by atoms with Crippen LogP contribution in [-0.2, 0) is 15.3 Å². The second kappa shape index (κ2) is 8.72. The van der Waals surface area contributed by atoms with E-state index in [0.717, 1.165) is 5.75 Å². The largest absolute Gasteiger partial charge is 0.481 e. The van der Waals surface area contributed by atoms with E-state index < -0.39 is 5.97 Å². The average Bonchev–Trinajstić information content (AvgIpc) is 2.45. The van der Waals surface area contributed by atoms with Gasteiger partial charge in [-0.15, -0.1) is 11.8 Å². The number of carboxylic acids is 1. The summed E-state index contributed by atoms with van der Waals surface area (Å²) in [4.78, 5) is 24.6. The Bertz CT molecular complexity index is 462. The van der Waals surface area contributed by atoms with Gasteiger partial charge in [0.05, 0.1) is 11.7 Å². The van der Waals surface area contributed by atoms with Gasteiger partial charge in [-0.3, -0.25) is 9.59 Å². The minimum atomic E-state index is -0.882. The zero-order valence-electron chi connectivity index (χ0n) is 12.8. The van der Waals surface area contributed by atoms with E-state index in [1.807, 2.05) is 44.2 Å². The normalized spacial score (nSPS) is 12.2. The van der Waals surface area contributed by atoms with Crippen molar-refractivity contribution in [3.63, 3.8) is 0 Å². The molecule has 0 saturated carbocycles. The molecule has 0 aromatic heterocycles. The molecular weight excluding hydrogens is 286 g/mol. The van der Waals surface area contributed by atoms with Gasteiger partial charge in [-0.2, -0.15) is 0 Å². The summed E-state index contributed by atoms with van der Waals surface area (Å²) < 4.78 is 0. The van der Waals surface area contributed by atoms with Crippen molar-refractivity contribution < 1.29 is 14.7 Å². The summed E-state index contributed by atoms with van der Waals surface area (Å²) in [5, 5.41) is 8.55. The predicted octanol–water partition coefficient (Wildman–Crippen LogP) is 2.88. The number of aliphatic carboxylic acids is 1. The van der Waals surface area contributed by atoms with Crippen molar-refractivity contribution in [2.45, 2.75) is 31.3 Å². The molecule has 1 atom stereocenters. The van der Waals surface area contributed by atoms with Gasteiger partial charge >= 0.3 is 5.97 Å². The van der Waals surface area contributed by atoms with Gasteiger partial charge in [0, 0.05) is 19.3 Å². The fraction of sp³-hybridized carbons (Fsp3) is 0.500. The van der Waals surface area contributed by atoms with Gasteiger partial charge in [-0.1, -0.05) is 44.2 Å². The molecule has 0 aliphatic heterocycles. The molecule has 0 fully saturated rings. The summed E-state index contributed by atoms with van der Waals surface area (Å²) >= 11 is 1.61. The van der Waals surface area contributed by atoms with Crippen LogP contribution >= 0.6 is 11.8 Å². The Balaban J connectivity index is 2.59. The van der Waals surface area contributed by atoms with Gasteiger partial charge in [-0.05, 0) is 11.5 Å². The average molecular weight is 309 g/mol. The van der Waals surface area contributed by atoms with E-state index >= 15 is 0 Å². The number of rotatable bonds is 8. The summed E-state index contributed by atoms with van der Waals surface area (Å²) in [6.07, 6.45) is -0.0175. The van der Waals surface area contributed by atoms with Crippen LogP contribution in [0.3, 0.4) is 0 Å². The molecule has 1 aromatic rings. The van der Waals surface area contributed by atoms with E-state index in [-0.39, 0.29) is 30.0 Å². The molecule has 1 N–H and O–H groups in total. The Labute approximate surface area is 130 Å². The van der Waals surface area contributed by atoms with E-state index in [0.29, 0.717) is 0 Å². The molecule has 0 aliphatic rings. The molecule has 1 aromatic carbocycles. The monoisotopic (exact) mass is 309 g/mol. The first-order chi connectivity index (χ1) is 9.91. The van der Waals surface area contributed by atoms with Gasteiger partial charge in [0.2, 0.25) is 5.91 Å². The SMILES string of the molecule is CC(C)C(SCc1ccccc1)C(=O)N(C)CCC(=O)O. The third-order valence-corrected chi connectivity index (χ3v) is 4.76. The van der Waals surface area contributed by atoms with Crippen molar-refractivity contribution in [3.8, 4) is 0 Å². The molecule has 116 valence electrons. The van der Waals surface area contributed by atoms with Crippen molar-refractivity contribution in [1.82, 2.24) is 4.90 Å². The van der Waals surface area contributed by atoms with Gasteiger partial charge in [0.1, 0.15) is 0 Å². The third kappa shape index (κ3) is 6.21. The van der Waals surface area contributed by atoms with Crippen LogP contribution in [0, 0.1) is 5.92 Å². The highest BCUT2D eigenvalue weighted by Gasteiger charge is 2.25. The standard InChI is InChI=1S/C16H23NO3S/c1-12(2)15(16(20)17(3)10-9-14(18)19)21-11-13-7-5-4-6-8-13/h4-8,12,15H,9-11H2,1-3H3,(H,18,19). The lowest BCUT2D eigenvalue weighted by Crippen LogP contribution is -2.38. The number of carbonyl (C=O) groups excluding carboxylic acids is 1. The molecule has 0 spiro atoms. The second-order valence-electron chi connectivity index (χ2n) is 5.36. The Morgan fingerprint density at radius 3 is 2.38 bits per heavy atom. The quantitative estimate of drug-likeness (QED) is 0.802. The highest BCUT2D eigenvalue weighted by atomic mass is 32.2. The maximum absolute atomic E-state index is 12.4. The van der Waals surface area contributed by atoms with Crippen LogP contribution in [0.25, 0.3) is 0 Å². The van der Waals surface area contributed by atoms with Gasteiger partial charge < -0.3 is 10.0 Å². The maximum atomic E-state index is 12.4. The first-order valence-corrected chi connectivity index (χ1v) is 8.09. The summed E-state index contributed by atoms with van der Waals surface area (Å²) in [5.74, 6) is 0.112. The predicted molar refractivity (Wildman–Crippen MR) is 86.3 cm³/mol. The van der Waals surface area contributed by atoms with E-state index in [1.54, 1.807) is 18.8 Å². The number of amides is 1. The smallest absolute Gasteiger partial charge is 0.305 e. The molecule has 0 saturated heterocycles. The summed E-state index contributed by atoms with van der Waals surface area (Å²) in [5.41, 5.74) is 1.19. The first-order valence-electron chi connectivity index (χ1n) is 7.04. The molecule has 5 heteroatoms. The summed E-state index contributed by atoms with van der Waals surface area (Å²) in [6.45, 7) is 4.29. The van der Waals surface area contributed by atoms with E-state index in [2.05, 4.69) is 0 Å². The zero-order chi connectivity index (χ0) is 15.8. The lowest BCUT2D eigenvalue weighted by atomic mass is 10.1. The van der Waals surface area contributed by atoms with Crippen LogP contribution in [0.2, 0.25) is 0 Å². The Kier molecular flexibility index (Phi) is 7.29. The molecule has 21 heavy (non-hydrogen) atoms. The van der Waals surface area contributed by atoms with Crippen LogP contribution < -0.4 is 0 Å². The van der Waals surface area contributed by atoms with Crippen molar-refractivity contribution in [3.05, 3.63) is 35.9 Å². The van der Waals surface area contributed by atoms with E-state index in [1.165, 1.54) is 10.5 Å². The van der Waals surface area contributed by atoms with Gasteiger partial charge in [-0.25, -0.2) is 0 Å². The minimum Gasteiger partial charge on any atom is -0.481 e. The van der Waals surface area contributed by atoms with E-state index in [4.69, 9.17) is 5.11 Å². The summed E-state index contributed by atoms with van der Waals surface area (Å²) in [6, 6.07) is 10.0. The molecule has 4 nitrogen and oxygen atoms in total. The number of thioether (sulfide) groups is 1. The number of carbonyl (C=O) groups is 2. The Morgan fingerprint density at radius 2 is 1.86 bits per heavy atom. The topological polar surface area (TPSA) is 57.6 Å². The molecule has 0 bridgehead atoms. The summed E-state index contributed by atoms with van der Waals surface area (Å²) in [7, 11) is 1.67. The third-order valence-electron chi connectivity index (χ3n) is 3.16. The molecule has 1 rings (SSSR count). The molecule has 0 radical (unpaired) electrons. The molecular formula is C16H23NO3S. The first kappa shape index (κ1) is 17.6. The number of hydrogen-bond acceptors (Lipinski definition) is 3. The fourth-order valence-electron chi connectivity index (χ4n) is 1.90. The number of hydrogen-bond donors (Lipinski definition) is 1. The van der Waals surface area contributed by atoms with Crippen LogP contribution in [-0.4, -0.2) is 40.7 Å². The molecule has 1 amide bonds. The minimum absolute atomic E-state index is 0.00665. The van der Waals surface area contributed by atoms with Crippen LogP contribution in [0.5, 0.6) is 0 Å². The Morgan fingerprint density at radius 1 is 1.24 bits per heavy atom. The second-order valence-corrected chi connectivity index (χ2v) is 6.49. The molecule has 0 aliphatic carbocycles. The van der Waals surface area contributed by atoms with Gasteiger partial charge in [0.25, 0.3) is 0 Å². The van der Waals surface area contributed by atoms with E-state index in [9.17, 15) is 9.59 Å². The highest BCUT2D eigenvalue weighted by Crippen LogP contribution is 2.25. The van der Waals surface area contributed by atoms with Crippen molar-refractivity contribution in [1.29, 1.82) is 0 Å². The fourth-order valence-corrected chi connectivity index (χ4v) is 3.17. The number of nitrogens with zero attached hydrogens (tertiary/aromatic N) is 1. The zero-order valence-corrected chi connectivity index (χ0v) is 13.6. The van der Waals surface area contributed by atoms with Gasteiger partial charge in [0.15, 0.2) is 0 Å². The van der Waals surface area contributed by atoms with Crippen LogP contribution in [0.4, 0.5) is 0 Å². The van der Waals surface area contributed by atoms with Crippen LogP contribution in [0.1, 0.15) is 25.8 Å². The number of benzene rings is 1. The molecule has 0 heterocycles. The lowest BCUT2D eigenvalue weighted by molar-refractivity contribution is -0.138. The van der Waals surface area contributed by atoms with Crippen LogP contribution in [0.15, 0.2) is 30.3 Å². The maximum Gasteiger partial charge on any atom is 0.305 e. The van der Waals surface area contributed by atoms with Crippen molar-refractivity contribution in [2.75, 3.05) is 13.6 Å². The molecule has 1 unspecified atom stereocenters.